The second-order valence-corrected chi connectivity index (χ2v) is 3.06. The van der Waals surface area contributed by atoms with E-state index >= 15 is 0 Å². The zero-order valence-electron chi connectivity index (χ0n) is 9.40. The second-order valence-electron chi connectivity index (χ2n) is 3.06. The molecule has 17 heavy (non-hydrogen) atoms. The molecule has 1 rings (SSSR count). The SMILES string of the molecule is CCOc1cc(F)ccc1NC(=O)OCCO. The van der Waals surface area contributed by atoms with Crippen LogP contribution in [0.4, 0.5) is 14.9 Å². The average molecular weight is 243 g/mol. The van der Waals surface area contributed by atoms with Crippen molar-refractivity contribution in [2.45, 2.75) is 6.92 Å². The fourth-order valence-electron chi connectivity index (χ4n) is 1.16. The van der Waals surface area contributed by atoms with Gasteiger partial charge in [-0.2, -0.15) is 0 Å². The van der Waals surface area contributed by atoms with Crippen molar-refractivity contribution in [3.63, 3.8) is 0 Å². The summed E-state index contributed by atoms with van der Waals surface area (Å²) in [5, 5.41) is 10.9. The number of nitrogens with one attached hydrogen (secondary N) is 1. The Hall–Kier alpha value is -1.82. The second kappa shape index (κ2) is 6.70. The van der Waals surface area contributed by atoms with Crippen molar-refractivity contribution in [3.8, 4) is 5.75 Å². The number of carbonyl (C=O) groups is 1. The lowest BCUT2D eigenvalue weighted by Gasteiger charge is -2.11. The molecular formula is C11H14FNO4. The third kappa shape index (κ3) is 4.28. The molecule has 0 unspecified atom stereocenters. The Bertz CT molecular complexity index is 384. The van der Waals surface area contributed by atoms with Crippen LogP contribution in [0.15, 0.2) is 18.2 Å². The van der Waals surface area contributed by atoms with Crippen LogP contribution in [0.3, 0.4) is 0 Å². The van der Waals surface area contributed by atoms with E-state index in [1.165, 1.54) is 18.2 Å². The number of benzene rings is 1. The van der Waals surface area contributed by atoms with Gasteiger partial charge in [0.25, 0.3) is 0 Å². The highest BCUT2D eigenvalue weighted by Gasteiger charge is 2.09. The highest BCUT2D eigenvalue weighted by molar-refractivity contribution is 5.86. The predicted molar refractivity (Wildman–Crippen MR) is 59.6 cm³/mol. The van der Waals surface area contributed by atoms with Crippen molar-refractivity contribution in [2.75, 3.05) is 25.1 Å². The average Bonchev–Trinajstić information content (AvgIpc) is 2.30. The lowest BCUT2D eigenvalue weighted by molar-refractivity contribution is 0.131. The van der Waals surface area contributed by atoms with Crippen LogP contribution in [-0.2, 0) is 4.74 Å². The third-order valence-corrected chi connectivity index (χ3v) is 1.80. The molecular weight excluding hydrogens is 229 g/mol. The van der Waals surface area contributed by atoms with Gasteiger partial charge in [-0.3, -0.25) is 5.32 Å². The van der Waals surface area contributed by atoms with E-state index in [-0.39, 0.29) is 19.0 Å². The highest BCUT2D eigenvalue weighted by Crippen LogP contribution is 2.25. The molecule has 0 heterocycles. The first-order valence-electron chi connectivity index (χ1n) is 5.14. The lowest BCUT2D eigenvalue weighted by atomic mass is 10.3. The first-order chi connectivity index (χ1) is 8.17. The van der Waals surface area contributed by atoms with Crippen LogP contribution in [0.5, 0.6) is 5.75 Å². The zero-order valence-corrected chi connectivity index (χ0v) is 9.40. The summed E-state index contributed by atoms with van der Waals surface area (Å²) < 4.78 is 22.7. The monoisotopic (exact) mass is 243 g/mol. The molecule has 0 saturated heterocycles. The van der Waals surface area contributed by atoms with Crippen molar-refractivity contribution >= 4 is 11.8 Å². The Kier molecular flexibility index (Phi) is 5.22. The Morgan fingerprint density at radius 2 is 2.29 bits per heavy atom. The first kappa shape index (κ1) is 13.2. The summed E-state index contributed by atoms with van der Waals surface area (Å²) in [7, 11) is 0. The Morgan fingerprint density at radius 3 is 2.94 bits per heavy atom. The van der Waals surface area contributed by atoms with Crippen molar-refractivity contribution in [2.24, 2.45) is 0 Å². The summed E-state index contributed by atoms with van der Waals surface area (Å²) in [5.74, 6) is -0.226. The van der Waals surface area contributed by atoms with Crippen molar-refractivity contribution in [3.05, 3.63) is 24.0 Å². The standard InChI is InChI=1S/C11H14FNO4/c1-2-16-10-7-8(12)3-4-9(10)13-11(15)17-6-5-14/h3-4,7,14H,2,5-6H2,1H3,(H,13,15). The number of amides is 1. The first-order valence-corrected chi connectivity index (χ1v) is 5.14. The van der Waals surface area contributed by atoms with E-state index in [0.29, 0.717) is 12.3 Å². The molecule has 94 valence electrons. The van der Waals surface area contributed by atoms with E-state index in [4.69, 9.17) is 9.84 Å². The van der Waals surface area contributed by atoms with Crippen LogP contribution < -0.4 is 10.1 Å². The number of rotatable bonds is 5. The van der Waals surface area contributed by atoms with Crippen molar-refractivity contribution in [1.82, 2.24) is 0 Å². The van der Waals surface area contributed by atoms with Gasteiger partial charge in [0, 0.05) is 6.07 Å². The Balaban J connectivity index is 2.72. The van der Waals surface area contributed by atoms with E-state index in [1.807, 2.05) is 0 Å². The fourth-order valence-corrected chi connectivity index (χ4v) is 1.16. The van der Waals surface area contributed by atoms with Crippen LogP contribution in [0, 0.1) is 5.82 Å². The minimum absolute atomic E-state index is 0.100. The molecule has 0 aliphatic rings. The van der Waals surface area contributed by atoms with Gasteiger partial charge in [-0.05, 0) is 19.1 Å². The largest absolute Gasteiger partial charge is 0.492 e. The topological polar surface area (TPSA) is 67.8 Å². The summed E-state index contributed by atoms with van der Waals surface area (Å²) >= 11 is 0. The quantitative estimate of drug-likeness (QED) is 0.827. The molecule has 0 aliphatic carbocycles. The number of hydrogen-bond donors (Lipinski definition) is 2. The molecule has 2 N–H and O–H groups in total. The molecule has 6 heteroatoms. The molecule has 0 fully saturated rings. The van der Waals surface area contributed by atoms with Crippen LogP contribution >= 0.6 is 0 Å². The van der Waals surface area contributed by atoms with Gasteiger partial charge in [0.15, 0.2) is 0 Å². The smallest absolute Gasteiger partial charge is 0.411 e. The van der Waals surface area contributed by atoms with Crippen LogP contribution in [0.25, 0.3) is 0 Å². The normalized spacial score (nSPS) is 9.82. The van der Waals surface area contributed by atoms with E-state index < -0.39 is 11.9 Å². The molecule has 0 spiro atoms. The maximum absolute atomic E-state index is 13.0. The molecule has 0 bridgehead atoms. The van der Waals surface area contributed by atoms with Crippen LogP contribution in [0.2, 0.25) is 0 Å². The van der Waals surface area contributed by atoms with Crippen molar-refractivity contribution < 1.29 is 23.8 Å². The van der Waals surface area contributed by atoms with E-state index in [2.05, 4.69) is 10.1 Å². The number of aliphatic hydroxyl groups excluding tert-OH is 1. The van der Waals surface area contributed by atoms with Gasteiger partial charge in [-0.15, -0.1) is 0 Å². The van der Waals surface area contributed by atoms with E-state index in [9.17, 15) is 9.18 Å². The number of aliphatic hydroxyl groups is 1. The van der Waals surface area contributed by atoms with Gasteiger partial charge in [0.1, 0.15) is 18.2 Å². The molecule has 1 aromatic carbocycles. The van der Waals surface area contributed by atoms with Crippen LogP contribution in [-0.4, -0.2) is 31.0 Å². The maximum Gasteiger partial charge on any atom is 0.411 e. The number of carbonyl (C=O) groups excluding carboxylic acids is 1. The summed E-state index contributed by atoms with van der Waals surface area (Å²) in [6.45, 7) is 1.74. The van der Waals surface area contributed by atoms with Crippen molar-refractivity contribution in [1.29, 1.82) is 0 Å². The minimum Gasteiger partial charge on any atom is -0.492 e. The maximum atomic E-state index is 13.0. The van der Waals surface area contributed by atoms with E-state index in [0.717, 1.165) is 0 Å². The number of hydrogen-bond acceptors (Lipinski definition) is 4. The summed E-state index contributed by atoms with van der Waals surface area (Å²) in [6, 6.07) is 3.75. The van der Waals surface area contributed by atoms with E-state index in [1.54, 1.807) is 6.92 Å². The van der Waals surface area contributed by atoms with Gasteiger partial charge >= 0.3 is 6.09 Å². The predicted octanol–water partition coefficient (Wildman–Crippen LogP) is 1.77. The molecule has 0 aliphatic heterocycles. The molecule has 0 aromatic heterocycles. The van der Waals surface area contributed by atoms with Gasteiger partial charge in [-0.25, -0.2) is 9.18 Å². The molecule has 0 radical (unpaired) electrons. The summed E-state index contributed by atoms with van der Waals surface area (Å²) in [6.07, 6.45) is -0.730. The fraction of sp³-hybridized carbons (Fsp3) is 0.364. The third-order valence-electron chi connectivity index (χ3n) is 1.80. The molecule has 1 aromatic rings. The molecule has 0 atom stereocenters. The highest BCUT2D eigenvalue weighted by atomic mass is 19.1. The summed E-state index contributed by atoms with van der Waals surface area (Å²) in [5.41, 5.74) is 0.316. The number of halogens is 1. The summed E-state index contributed by atoms with van der Waals surface area (Å²) in [4.78, 5) is 11.2. The number of anilines is 1. The van der Waals surface area contributed by atoms with Gasteiger partial charge in [0.2, 0.25) is 0 Å². The van der Waals surface area contributed by atoms with Gasteiger partial charge < -0.3 is 14.6 Å². The molecule has 1 amide bonds. The van der Waals surface area contributed by atoms with Crippen LogP contribution in [0.1, 0.15) is 6.92 Å². The molecule has 0 saturated carbocycles. The zero-order chi connectivity index (χ0) is 12.7. The number of ether oxygens (including phenoxy) is 2. The lowest BCUT2D eigenvalue weighted by Crippen LogP contribution is -2.16. The van der Waals surface area contributed by atoms with Gasteiger partial charge in [0.05, 0.1) is 18.9 Å². The van der Waals surface area contributed by atoms with Gasteiger partial charge in [-0.1, -0.05) is 0 Å². The molecule has 5 nitrogen and oxygen atoms in total. The Labute approximate surface area is 98.2 Å². The minimum atomic E-state index is -0.730. The Morgan fingerprint density at radius 1 is 1.53 bits per heavy atom.